The molecule has 0 aliphatic heterocycles. The summed E-state index contributed by atoms with van der Waals surface area (Å²) in [6.45, 7) is 8.33. The normalized spacial score (nSPS) is 12.4. The predicted octanol–water partition coefficient (Wildman–Crippen LogP) is 3.08. The van der Waals surface area contributed by atoms with Crippen molar-refractivity contribution in [1.29, 1.82) is 0 Å². The first-order valence-electron chi connectivity index (χ1n) is 7.40. The van der Waals surface area contributed by atoms with Gasteiger partial charge in [0.15, 0.2) is 10.6 Å². The summed E-state index contributed by atoms with van der Waals surface area (Å²) >= 11 is 5.25. The van der Waals surface area contributed by atoms with E-state index in [1.54, 1.807) is 4.57 Å². The maximum absolute atomic E-state index is 12.2. The highest BCUT2D eigenvalue weighted by Crippen LogP contribution is 2.18. The average Bonchev–Trinajstić information content (AvgIpc) is 2.80. The molecule has 2 rings (SSSR count). The number of carbonyl (C=O) groups is 1. The Morgan fingerprint density at radius 3 is 2.77 bits per heavy atom. The number of carbonyl (C=O) groups excluding carboxylic acids is 1. The number of nitrogens with one attached hydrogen (secondary N) is 2. The summed E-state index contributed by atoms with van der Waals surface area (Å²) in [6.07, 6.45) is 0. The van der Waals surface area contributed by atoms with Gasteiger partial charge in [-0.3, -0.25) is 14.5 Å². The molecule has 0 bridgehead atoms. The summed E-state index contributed by atoms with van der Waals surface area (Å²) in [5.74, 6) is 1.01. The number of H-pyrrole nitrogens is 1. The van der Waals surface area contributed by atoms with Crippen molar-refractivity contribution in [3.63, 3.8) is 0 Å². The molecule has 1 aromatic carbocycles. The van der Waals surface area contributed by atoms with Gasteiger partial charge in [0.05, 0.1) is 0 Å². The van der Waals surface area contributed by atoms with Crippen LogP contribution in [-0.4, -0.2) is 26.7 Å². The van der Waals surface area contributed by atoms with Gasteiger partial charge in [-0.15, -0.1) is 0 Å². The van der Waals surface area contributed by atoms with Gasteiger partial charge in [0.1, 0.15) is 6.54 Å². The minimum Gasteiger partial charge on any atom is -0.352 e. The van der Waals surface area contributed by atoms with Crippen LogP contribution in [0.3, 0.4) is 0 Å². The van der Waals surface area contributed by atoms with E-state index in [-0.39, 0.29) is 18.5 Å². The second kappa shape index (κ2) is 6.87. The van der Waals surface area contributed by atoms with Crippen LogP contribution in [0, 0.1) is 17.6 Å². The minimum atomic E-state index is -0.0624. The molecule has 0 saturated carbocycles. The van der Waals surface area contributed by atoms with Crippen LogP contribution in [0.25, 0.3) is 11.4 Å². The van der Waals surface area contributed by atoms with Gasteiger partial charge >= 0.3 is 0 Å². The highest BCUT2D eigenvalue weighted by atomic mass is 32.1. The van der Waals surface area contributed by atoms with E-state index in [4.69, 9.17) is 12.2 Å². The molecule has 118 valence electrons. The van der Waals surface area contributed by atoms with Gasteiger partial charge in [0, 0.05) is 11.6 Å². The fourth-order valence-corrected chi connectivity index (χ4v) is 2.28. The first kappa shape index (κ1) is 16.4. The second-order valence-corrected chi connectivity index (χ2v) is 6.29. The van der Waals surface area contributed by atoms with Crippen LogP contribution in [0.1, 0.15) is 26.3 Å². The van der Waals surface area contributed by atoms with Crippen molar-refractivity contribution in [3.05, 3.63) is 34.6 Å². The highest BCUT2D eigenvalue weighted by Gasteiger charge is 2.15. The van der Waals surface area contributed by atoms with Gasteiger partial charge in [-0.2, -0.15) is 5.10 Å². The summed E-state index contributed by atoms with van der Waals surface area (Å²) in [6, 6.07) is 8.09. The summed E-state index contributed by atoms with van der Waals surface area (Å²) < 4.78 is 2.18. The van der Waals surface area contributed by atoms with E-state index in [1.165, 1.54) is 0 Å². The van der Waals surface area contributed by atoms with Gasteiger partial charge in [0.2, 0.25) is 5.91 Å². The molecular formula is C16H22N4OS. The van der Waals surface area contributed by atoms with Crippen LogP contribution < -0.4 is 5.32 Å². The lowest BCUT2D eigenvalue weighted by atomic mass is 10.1. The summed E-state index contributed by atoms with van der Waals surface area (Å²) in [5.41, 5.74) is 2.08. The molecule has 0 saturated heterocycles. The van der Waals surface area contributed by atoms with Crippen molar-refractivity contribution >= 4 is 18.1 Å². The quantitative estimate of drug-likeness (QED) is 0.833. The lowest BCUT2D eigenvalue weighted by Crippen LogP contribution is -2.38. The van der Waals surface area contributed by atoms with E-state index in [0.717, 1.165) is 11.1 Å². The SMILES string of the molecule is Cc1cccc(-c2n[nH]c(=S)n2CC(=O)NC(C)C(C)C)c1. The fourth-order valence-electron chi connectivity index (χ4n) is 2.08. The molecule has 0 radical (unpaired) electrons. The number of hydrogen-bond donors (Lipinski definition) is 2. The van der Waals surface area contributed by atoms with Crippen molar-refractivity contribution in [1.82, 2.24) is 20.1 Å². The number of hydrogen-bond acceptors (Lipinski definition) is 3. The van der Waals surface area contributed by atoms with Crippen LogP contribution in [0.2, 0.25) is 0 Å². The van der Waals surface area contributed by atoms with Crippen molar-refractivity contribution in [3.8, 4) is 11.4 Å². The second-order valence-electron chi connectivity index (χ2n) is 5.91. The molecule has 1 aromatic heterocycles. The molecule has 1 unspecified atom stereocenters. The first-order valence-corrected chi connectivity index (χ1v) is 7.81. The first-order chi connectivity index (χ1) is 10.4. The fraction of sp³-hybridized carbons (Fsp3) is 0.438. The Kier molecular flexibility index (Phi) is 5.13. The molecule has 2 N–H and O–H groups in total. The minimum absolute atomic E-state index is 0.0624. The van der Waals surface area contributed by atoms with E-state index in [0.29, 0.717) is 16.5 Å². The monoisotopic (exact) mass is 318 g/mol. The van der Waals surface area contributed by atoms with Crippen LogP contribution >= 0.6 is 12.2 Å². The largest absolute Gasteiger partial charge is 0.352 e. The van der Waals surface area contributed by atoms with Gasteiger partial charge in [0.25, 0.3) is 0 Å². The Morgan fingerprint density at radius 1 is 1.41 bits per heavy atom. The van der Waals surface area contributed by atoms with Crippen LogP contribution in [0.5, 0.6) is 0 Å². The zero-order valence-electron chi connectivity index (χ0n) is 13.4. The molecule has 6 heteroatoms. The molecule has 0 aliphatic rings. The molecule has 1 heterocycles. The number of nitrogens with zero attached hydrogens (tertiary/aromatic N) is 2. The molecule has 0 aliphatic carbocycles. The van der Waals surface area contributed by atoms with Crippen molar-refractivity contribution < 1.29 is 4.79 Å². The summed E-state index contributed by atoms with van der Waals surface area (Å²) in [7, 11) is 0. The number of rotatable bonds is 5. The smallest absolute Gasteiger partial charge is 0.240 e. The van der Waals surface area contributed by atoms with Gasteiger partial charge < -0.3 is 5.32 Å². The lowest BCUT2D eigenvalue weighted by molar-refractivity contribution is -0.122. The van der Waals surface area contributed by atoms with Gasteiger partial charge in [-0.1, -0.05) is 37.6 Å². The number of benzene rings is 1. The number of amides is 1. The highest BCUT2D eigenvalue weighted by molar-refractivity contribution is 7.71. The number of aryl methyl sites for hydroxylation is 1. The Balaban J connectivity index is 2.24. The van der Waals surface area contributed by atoms with Crippen molar-refractivity contribution in [2.24, 2.45) is 5.92 Å². The molecule has 0 spiro atoms. The zero-order valence-corrected chi connectivity index (χ0v) is 14.2. The molecule has 2 aromatic rings. The molecule has 22 heavy (non-hydrogen) atoms. The van der Waals surface area contributed by atoms with E-state index < -0.39 is 0 Å². The van der Waals surface area contributed by atoms with Crippen molar-refractivity contribution in [2.75, 3.05) is 0 Å². The Bertz CT molecular complexity index is 717. The van der Waals surface area contributed by atoms with Crippen molar-refractivity contribution in [2.45, 2.75) is 40.3 Å². The van der Waals surface area contributed by atoms with Gasteiger partial charge in [-0.25, -0.2) is 0 Å². The van der Waals surface area contributed by atoms with Crippen LogP contribution in [0.15, 0.2) is 24.3 Å². The van der Waals surface area contributed by atoms with Crippen LogP contribution in [-0.2, 0) is 11.3 Å². The van der Waals surface area contributed by atoms with E-state index in [1.807, 2.05) is 38.1 Å². The topological polar surface area (TPSA) is 62.7 Å². The third kappa shape index (κ3) is 3.82. The molecule has 0 fully saturated rings. The predicted molar refractivity (Wildman–Crippen MR) is 90.0 cm³/mol. The molecule has 5 nitrogen and oxygen atoms in total. The standard InChI is InChI=1S/C16H22N4OS/c1-10(2)12(4)17-14(21)9-20-15(18-19-16(20)22)13-7-5-6-11(3)8-13/h5-8,10,12H,9H2,1-4H3,(H,17,21)(H,19,22). The number of aromatic nitrogens is 3. The third-order valence-corrected chi connectivity index (χ3v) is 4.04. The Labute approximate surface area is 135 Å². The molecular weight excluding hydrogens is 296 g/mol. The summed E-state index contributed by atoms with van der Waals surface area (Å²) in [5, 5.41) is 10.0. The average molecular weight is 318 g/mol. The van der Waals surface area contributed by atoms with Crippen LogP contribution in [0.4, 0.5) is 0 Å². The Morgan fingerprint density at radius 2 is 2.14 bits per heavy atom. The van der Waals surface area contributed by atoms with Gasteiger partial charge in [-0.05, 0) is 38.0 Å². The maximum Gasteiger partial charge on any atom is 0.240 e. The lowest BCUT2D eigenvalue weighted by Gasteiger charge is -2.17. The molecule has 1 atom stereocenters. The number of aromatic amines is 1. The van der Waals surface area contributed by atoms with E-state index in [9.17, 15) is 4.79 Å². The third-order valence-electron chi connectivity index (χ3n) is 3.72. The van der Waals surface area contributed by atoms with E-state index >= 15 is 0 Å². The Hall–Kier alpha value is -1.95. The molecule has 1 amide bonds. The summed E-state index contributed by atoms with van der Waals surface area (Å²) in [4.78, 5) is 12.2. The zero-order chi connectivity index (χ0) is 16.3. The maximum atomic E-state index is 12.2. The van der Waals surface area contributed by atoms with E-state index in [2.05, 4.69) is 29.4 Å².